The molecule has 0 aliphatic carbocycles. The van der Waals surface area contributed by atoms with Crippen molar-refractivity contribution in [3.05, 3.63) is 37.8 Å². The molecule has 0 aliphatic rings. The van der Waals surface area contributed by atoms with Crippen LogP contribution in [-0.2, 0) is 0 Å². The van der Waals surface area contributed by atoms with Gasteiger partial charge in [-0.2, -0.15) is 0 Å². The summed E-state index contributed by atoms with van der Waals surface area (Å²) >= 11 is 8.91. The third kappa shape index (κ3) is 1.70. The lowest BCUT2D eigenvalue weighted by Gasteiger charge is -2.07. The van der Waals surface area contributed by atoms with Crippen molar-refractivity contribution in [3.8, 4) is 5.75 Å². The Morgan fingerprint density at radius 2 is 2.19 bits per heavy atom. The van der Waals surface area contributed by atoms with Gasteiger partial charge in [0.2, 0.25) is 0 Å². The van der Waals surface area contributed by atoms with Gasteiger partial charge < -0.3 is 9.72 Å². The number of aromatic amines is 1. The minimum Gasteiger partial charge on any atom is -0.494 e. The number of halogens is 3. The van der Waals surface area contributed by atoms with Crippen LogP contribution in [0.5, 0.6) is 5.75 Å². The van der Waals surface area contributed by atoms with Crippen LogP contribution in [0.15, 0.2) is 21.4 Å². The van der Waals surface area contributed by atoms with Crippen LogP contribution in [0.1, 0.15) is 0 Å². The number of benzene rings is 1. The van der Waals surface area contributed by atoms with Crippen LogP contribution in [0.25, 0.3) is 10.9 Å². The van der Waals surface area contributed by atoms with Crippen LogP contribution in [0.4, 0.5) is 4.39 Å². The van der Waals surface area contributed by atoms with E-state index in [4.69, 9.17) is 16.3 Å². The molecule has 1 aromatic heterocycles. The van der Waals surface area contributed by atoms with Gasteiger partial charge in [-0.3, -0.25) is 4.79 Å². The number of rotatable bonds is 1. The van der Waals surface area contributed by atoms with Crippen molar-refractivity contribution >= 4 is 38.4 Å². The summed E-state index contributed by atoms with van der Waals surface area (Å²) < 4.78 is 19.2. The number of aromatic nitrogens is 1. The van der Waals surface area contributed by atoms with Crippen molar-refractivity contribution in [1.29, 1.82) is 0 Å². The van der Waals surface area contributed by atoms with E-state index in [1.165, 1.54) is 13.2 Å². The zero-order valence-electron chi connectivity index (χ0n) is 8.11. The zero-order valence-corrected chi connectivity index (χ0v) is 10.4. The number of pyridine rings is 1. The molecule has 1 heterocycles. The van der Waals surface area contributed by atoms with Crippen molar-refractivity contribution in [2.75, 3.05) is 7.11 Å². The van der Waals surface area contributed by atoms with Gasteiger partial charge in [0.25, 0.3) is 0 Å². The number of nitrogens with one attached hydrogen (secondary N) is 1. The number of methoxy groups -OCH3 is 1. The highest BCUT2D eigenvalue weighted by Gasteiger charge is 2.15. The fourth-order valence-electron chi connectivity index (χ4n) is 1.45. The molecule has 0 saturated carbocycles. The van der Waals surface area contributed by atoms with E-state index in [1.54, 1.807) is 0 Å². The largest absolute Gasteiger partial charge is 0.494 e. The van der Waals surface area contributed by atoms with E-state index in [0.717, 1.165) is 6.07 Å². The molecule has 0 saturated heterocycles. The molecule has 6 heteroatoms. The molecular weight excluding hydrogens is 300 g/mol. The van der Waals surface area contributed by atoms with Crippen LogP contribution < -0.4 is 10.2 Å². The molecule has 84 valence electrons. The Bertz CT molecular complexity index is 626. The highest BCUT2D eigenvalue weighted by Crippen LogP contribution is 2.30. The minimum absolute atomic E-state index is 0.00666. The van der Waals surface area contributed by atoms with E-state index >= 15 is 0 Å². The maximum atomic E-state index is 13.8. The number of hydrogen-bond acceptors (Lipinski definition) is 2. The standard InChI is InChI=1S/C10H6BrClFNO2/c1-16-6-2-4(11)10-8(9(6)13)5(15)3-7(12)14-10/h2-3H,1H3,(H,14,15). The van der Waals surface area contributed by atoms with Gasteiger partial charge in [0.1, 0.15) is 5.15 Å². The summed E-state index contributed by atoms with van der Waals surface area (Å²) in [5.41, 5.74) is -0.174. The molecule has 2 rings (SSSR count). The molecule has 1 aromatic carbocycles. The summed E-state index contributed by atoms with van der Waals surface area (Å²) in [6.07, 6.45) is 0. The average Bonchev–Trinajstić information content (AvgIpc) is 2.22. The molecule has 16 heavy (non-hydrogen) atoms. The molecule has 0 amide bonds. The smallest absolute Gasteiger partial charge is 0.194 e. The van der Waals surface area contributed by atoms with Gasteiger partial charge in [-0.05, 0) is 22.0 Å². The van der Waals surface area contributed by atoms with Gasteiger partial charge in [0, 0.05) is 10.5 Å². The average molecular weight is 307 g/mol. The third-order valence-electron chi connectivity index (χ3n) is 2.15. The SMILES string of the molecule is COc1cc(Br)c2[nH]c(Cl)cc(=O)c2c1F. The molecule has 3 nitrogen and oxygen atoms in total. The Balaban J connectivity index is 3.02. The van der Waals surface area contributed by atoms with Crippen molar-refractivity contribution in [2.45, 2.75) is 0 Å². The fraction of sp³-hybridized carbons (Fsp3) is 0.100. The maximum absolute atomic E-state index is 13.8. The molecule has 1 N–H and O–H groups in total. The third-order valence-corrected chi connectivity index (χ3v) is 2.98. The van der Waals surface area contributed by atoms with Crippen LogP contribution in [-0.4, -0.2) is 12.1 Å². The summed E-state index contributed by atoms with van der Waals surface area (Å²) in [5.74, 6) is -0.689. The minimum atomic E-state index is -0.696. The Kier molecular flexibility index (Phi) is 2.90. The first-order valence-corrected chi connectivity index (χ1v) is 5.46. The fourth-order valence-corrected chi connectivity index (χ4v) is 2.15. The Hall–Kier alpha value is -1.07. The number of H-pyrrole nitrogens is 1. The summed E-state index contributed by atoms with van der Waals surface area (Å²) in [5, 5.41) is 0.0818. The molecule has 0 aliphatic heterocycles. The zero-order chi connectivity index (χ0) is 11.9. The van der Waals surface area contributed by atoms with Gasteiger partial charge in [0.05, 0.1) is 18.0 Å². The quantitative estimate of drug-likeness (QED) is 0.823. The van der Waals surface area contributed by atoms with E-state index in [9.17, 15) is 9.18 Å². The van der Waals surface area contributed by atoms with Crippen molar-refractivity contribution < 1.29 is 9.13 Å². The summed E-state index contributed by atoms with van der Waals surface area (Å²) in [4.78, 5) is 14.3. The molecule has 0 bridgehead atoms. The van der Waals surface area contributed by atoms with Crippen molar-refractivity contribution in [3.63, 3.8) is 0 Å². The lowest BCUT2D eigenvalue weighted by atomic mass is 10.2. The van der Waals surface area contributed by atoms with Gasteiger partial charge in [0.15, 0.2) is 17.0 Å². The van der Waals surface area contributed by atoms with Crippen LogP contribution in [0.2, 0.25) is 5.15 Å². The number of fused-ring (bicyclic) bond motifs is 1. The van der Waals surface area contributed by atoms with Gasteiger partial charge in [-0.1, -0.05) is 11.6 Å². The Labute approximate surface area is 103 Å². The second kappa shape index (κ2) is 4.07. The topological polar surface area (TPSA) is 42.1 Å². The number of ether oxygens (including phenoxy) is 1. The van der Waals surface area contributed by atoms with E-state index < -0.39 is 11.2 Å². The molecule has 0 spiro atoms. The van der Waals surface area contributed by atoms with Gasteiger partial charge >= 0.3 is 0 Å². The summed E-state index contributed by atoms with van der Waals surface area (Å²) in [6.45, 7) is 0. The lowest BCUT2D eigenvalue weighted by molar-refractivity contribution is 0.388. The molecule has 0 fully saturated rings. The van der Waals surface area contributed by atoms with Crippen molar-refractivity contribution in [2.24, 2.45) is 0 Å². The van der Waals surface area contributed by atoms with Crippen molar-refractivity contribution in [1.82, 2.24) is 4.98 Å². The van der Waals surface area contributed by atoms with E-state index in [1.807, 2.05) is 0 Å². The van der Waals surface area contributed by atoms with Crippen LogP contribution >= 0.6 is 27.5 Å². The second-order valence-corrected chi connectivity index (χ2v) is 4.37. The first-order chi connectivity index (χ1) is 7.54. The maximum Gasteiger partial charge on any atom is 0.194 e. The Morgan fingerprint density at radius 3 is 2.81 bits per heavy atom. The highest BCUT2D eigenvalue weighted by molar-refractivity contribution is 9.10. The normalized spacial score (nSPS) is 10.8. The first kappa shape index (κ1) is 11.4. The Morgan fingerprint density at radius 1 is 1.50 bits per heavy atom. The van der Waals surface area contributed by atoms with Crippen LogP contribution in [0, 0.1) is 5.82 Å². The summed E-state index contributed by atoms with van der Waals surface area (Å²) in [6, 6.07) is 2.56. The molecule has 0 atom stereocenters. The van der Waals surface area contributed by atoms with Gasteiger partial charge in [-0.25, -0.2) is 4.39 Å². The lowest BCUT2D eigenvalue weighted by Crippen LogP contribution is -2.05. The van der Waals surface area contributed by atoms with E-state index in [0.29, 0.717) is 9.99 Å². The van der Waals surface area contributed by atoms with E-state index in [-0.39, 0.29) is 16.3 Å². The van der Waals surface area contributed by atoms with Gasteiger partial charge in [-0.15, -0.1) is 0 Å². The molecule has 0 unspecified atom stereocenters. The summed E-state index contributed by atoms with van der Waals surface area (Å²) in [7, 11) is 1.33. The van der Waals surface area contributed by atoms with Crippen LogP contribution in [0.3, 0.4) is 0 Å². The monoisotopic (exact) mass is 305 g/mol. The highest BCUT2D eigenvalue weighted by atomic mass is 79.9. The van der Waals surface area contributed by atoms with E-state index in [2.05, 4.69) is 20.9 Å². The molecule has 0 radical (unpaired) electrons. The predicted octanol–water partition coefficient (Wildman–Crippen LogP) is 3.09. The molecular formula is C10H6BrClFNO2. The first-order valence-electron chi connectivity index (χ1n) is 4.29. The predicted molar refractivity (Wildman–Crippen MR) is 63.8 cm³/mol. The molecule has 2 aromatic rings. The number of hydrogen-bond donors (Lipinski definition) is 1. The second-order valence-electron chi connectivity index (χ2n) is 3.11.